The van der Waals surface area contributed by atoms with Crippen LogP contribution in [-0.2, 0) is 24.8 Å². The fraction of sp³-hybridized carbons (Fsp3) is 0.500. The largest absolute Gasteiger partial charge is 0.490 e. The summed E-state index contributed by atoms with van der Waals surface area (Å²) < 4.78 is 69.0. The summed E-state index contributed by atoms with van der Waals surface area (Å²) in [7, 11) is -6.08. The maximum atomic E-state index is 14.3. The van der Waals surface area contributed by atoms with Gasteiger partial charge in [-0.2, -0.15) is 4.31 Å². The van der Waals surface area contributed by atoms with Crippen LogP contribution in [0.15, 0.2) is 61.6 Å². The highest BCUT2D eigenvalue weighted by atomic mass is 32.3. The summed E-state index contributed by atoms with van der Waals surface area (Å²) in [6.07, 6.45) is 1.37. The Labute approximate surface area is 273 Å². The van der Waals surface area contributed by atoms with E-state index in [1.807, 2.05) is 13.8 Å². The Bertz CT molecular complexity index is 1610. The fourth-order valence-corrected chi connectivity index (χ4v) is 9.41. The van der Waals surface area contributed by atoms with E-state index in [-0.39, 0.29) is 51.4 Å². The van der Waals surface area contributed by atoms with E-state index < -0.39 is 38.1 Å². The number of carbonyl (C=O) groups excluding carboxylic acids is 1. The van der Waals surface area contributed by atoms with Crippen LogP contribution in [0.5, 0.6) is 5.75 Å². The Morgan fingerprint density at radius 2 is 1.76 bits per heavy atom. The van der Waals surface area contributed by atoms with Crippen LogP contribution in [0.3, 0.4) is 0 Å². The van der Waals surface area contributed by atoms with Crippen LogP contribution in [0.4, 0.5) is 5.69 Å². The van der Waals surface area contributed by atoms with E-state index in [4.69, 9.17) is 9.47 Å². The number of likely N-dealkylation sites (N-methyl/N-ethyl adjacent to an activating group) is 1. The number of rotatable bonds is 9. The lowest BCUT2D eigenvalue weighted by molar-refractivity contribution is -0.00832. The van der Waals surface area contributed by atoms with Crippen molar-refractivity contribution in [2.24, 2.45) is 5.92 Å². The highest BCUT2D eigenvalue weighted by molar-refractivity contribution is 7.94. The summed E-state index contributed by atoms with van der Waals surface area (Å²) in [5, 5.41) is 13.5. The summed E-state index contributed by atoms with van der Waals surface area (Å²) in [4.78, 5) is 15.8. The van der Waals surface area contributed by atoms with Gasteiger partial charge in [0.1, 0.15) is 14.2 Å². The third kappa shape index (κ3) is 8.84. The van der Waals surface area contributed by atoms with Crippen molar-refractivity contribution in [3.63, 3.8) is 0 Å². The zero-order valence-corrected chi connectivity index (χ0v) is 29.1. The Kier molecular flexibility index (Phi) is 12.1. The molecule has 1 aliphatic rings. The Hall–Kier alpha value is -2.53. The second kappa shape index (κ2) is 15.4. The summed E-state index contributed by atoms with van der Waals surface area (Å²) >= 11 is 2.22. The summed E-state index contributed by atoms with van der Waals surface area (Å²) in [6, 6.07) is 10.4. The molecule has 2 aromatic heterocycles. The molecule has 0 saturated heterocycles. The molecule has 3 aromatic rings. The molecule has 11 nitrogen and oxygen atoms in total. The quantitative estimate of drug-likeness (QED) is 0.327. The SMILES string of the molecule is C[C@H]1CCCCO[C@H](CN(C)S(=O)(=O)c2cccs2)[C@@H](C)CN([C@@H](C)CO)C(=O)c2cc(NS(=O)(=O)c3cccs3)ccc2O1. The lowest BCUT2D eigenvalue weighted by Crippen LogP contribution is -2.48. The van der Waals surface area contributed by atoms with E-state index in [1.165, 1.54) is 28.4 Å². The molecule has 4 rings (SSSR count). The zero-order valence-electron chi connectivity index (χ0n) is 25.8. The minimum atomic E-state index is -3.87. The van der Waals surface area contributed by atoms with E-state index in [0.717, 1.165) is 35.5 Å². The third-order valence-electron chi connectivity index (χ3n) is 7.66. The molecule has 0 spiro atoms. The van der Waals surface area contributed by atoms with Gasteiger partial charge in [0.15, 0.2) is 0 Å². The van der Waals surface area contributed by atoms with Crippen LogP contribution in [0.2, 0.25) is 0 Å². The normalized spacial score (nSPS) is 21.5. The van der Waals surface area contributed by atoms with Gasteiger partial charge in [0.05, 0.1) is 30.4 Å². The zero-order chi connectivity index (χ0) is 32.8. The molecule has 0 saturated carbocycles. The summed E-state index contributed by atoms with van der Waals surface area (Å²) in [6.45, 7) is 5.79. The van der Waals surface area contributed by atoms with Gasteiger partial charge in [-0.3, -0.25) is 9.52 Å². The molecule has 45 heavy (non-hydrogen) atoms. The number of amides is 1. The predicted octanol–water partition coefficient (Wildman–Crippen LogP) is 4.73. The number of anilines is 1. The monoisotopic (exact) mass is 699 g/mol. The number of nitrogens with zero attached hydrogens (tertiary/aromatic N) is 2. The van der Waals surface area contributed by atoms with Crippen LogP contribution in [-0.4, -0.2) is 88.7 Å². The van der Waals surface area contributed by atoms with Gasteiger partial charge in [0.2, 0.25) is 0 Å². The van der Waals surface area contributed by atoms with Crippen LogP contribution < -0.4 is 9.46 Å². The number of fused-ring (bicyclic) bond motifs is 1. The van der Waals surface area contributed by atoms with Crippen LogP contribution in [0.1, 0.15) is 50.4 Å². The molecule has 248 valence electrons. The molecule has 3 heterocycles. The van der Waals surface area contributed by atoms with Gasteiger partial charge in [0, 0.05) is 38.3 Å². The summed E-state index contributed by atoms with van der Waals surface area (Å²) in [5.74, 6) is -0.491. The molecule has 15 heteroatoms. The maximum Gasteiger partial charge on any atom is 0.271 e. The minimum Gasteiger partial charge on any atom is -0.490 e. The van der Waals surface area contributed by atoms with Crippen molar-refractivity contribution in [3.05, 3.63) is 58.8 Å². The van der Waals surface area contributed by atoms with Crippen molar-refractivity contribution >= 4 is 54.3 Å². The second-order valence-corrected chi connectivity index (χ2v) is 17.3. The molecular formula is C30H41N3O8S4. The number of benzene rings is 1. The Balaban J connectivity index is 1.67. The first-order valence-corrected chi connectivity index (χ1v) is 19.4. The van der Waals surface area contributed by atoms with E-state index in [0.29, 0.717) is 18.8 Å². The molecule has 4 atom stereocenters. The molecule has 1 aromatic carbocycles. The molecule has 0 radical (unpaired) electrons. The van der Waals surface area contributed by atoms with Crippen LogP contribution in [0, 0.1) is 5.92 Å². The Morgan fingerprint density at radius 3 is 2.40 bits per heavy atom. The van der Waals surface area contributed by atoms with E-state index >= 15 is 0 Å². The summed E-state index contributed by atoms with van der Waals surface area (Å²) in [5.41, 5.74) is 0.340. The van der Waals surface area contributed by atoms with E-state index in [2.05, 4.69) is 4.72 Å². The van der Waals surface area contributed by atoms with Gasteiger partial charge < -0.3 is 19.5 Å². The molecule has 0 aliphatic carbocycles. The van der Waals surface area contributed by atoms with Gasteiger partial charge in [-0.1, -0.05) is 19.1 Å². The first-order chi connectivity index (χ1) is 21.3. The van der Waals surface area contributed by atoms with Crippen molar-refractivity contribution in [2.75, 3.05) is 38.1 Å². The van der Waals surface area contributed by atoms with Gasteiger partial charge in [0.25, 0.3) is 26.0 Å². The lowest BCUT2D eigenvalue weighted by atomic mass is 10.0. The number of aliphatic hydroxyl groups is 1. The molecule has 0 bridgehead atoms. The molecular weight excluding hydrogens is 659 g/mol. The van der Waals surface area contributed by atoms with E-state index in [9.17, 15) is 26.7 Å². The standard InChI is InChI=1S/C30H41N3O8S4/c1-21-18-33(22(2)20-34)30(35)25-17-24(31-44(36,37)28-10-7-15-42-28)12-13-26(25)41-23(3)9-5-6-14-40-27(21)19-32(4)45(38,39)29-11-8-16-43-29/h7-8,10-13,15-17,21-23,27,31,34H,5-6,9,14,18-20H2,1-4H3/t21-,22-,23-,27+/m0/s1. The van der Waals surface area contributed by atoms with Crippen molar-refractivity contribution in [1.82, 2.24) is 9.21 Å². The smallest absolute Gasteiger partial charge is 0.271 e. The lowest BCUT2D eigenvalue weighted by Gasteiger charge is -2.35. The third-order valence-corrected chi connectivity index (χ3v) is 13.6. The predicted molar refractivity (Wildman–Crippen MR) is 176 cm³/mol. The van der Waals surface area contributed by atoms with Gasteiger partial charge in [-0.25, -0.2) is 16.8 Å². The van der Waals surface area contributed by atoms with Gasteiger partial charge in [-0.05, 0) is 74.2 Å². The van der Waals surface area contributed by atoms with Crippen molar-refractivity contribution in [2.45, 2.75) is 66.7 Å². The average molecular weight is 700 g/mol. The first kappa shape index (κ1) is 35.3. The van der Waals surface area contributed by atoms with Crippen molar-refractivity contribution < 1.29 is 36.2 Å². The van der Waals surface area contributed by atoms with Crippen molar-refractivity contribution in [1.29, 1.82) is 0 Å². The highest BCUT2D eigenvalue weighted by Crippen LogP contribution is 2.30. The second-order valence-electron chi connectivity index (χ2n) is 11.3. The number of nitrogens with one attached hydrogen (secondary N) is 1. The molecule has 1 amide bonds. The number of sulfonamides is 2. The maximum absolute atomic E-state index is 14.3. The minimum absolute atomic E-state index is 0.0711. The topological polar surface area (TPSA) is 143 Å². The molecule has 0 fully saturated rings. The number of carbonyl (C=O) groups is 1. The van der Waals surface area contributed by atoms with Crippen LogP contribution >= 0.6 is 22.7 Å². The van der Waals surface area contributed by atoms with Crippen LogP contribution in [0.25, 0.3) is 0 Å². The van der Waals surface area contributed by atoms with Gasteiger partial charge >= 0.3 is 0 Å². The molecule has 2 N–H and O–H groups in total. The number of hydrogen-bond acceptors (Lipinski definition) is 10. The van der Waals surface area contributed by atoms with Crippen molar-refractivity contribution in [3.8, 4) is 5.75 Å². The number of hydrogen-bond donors (Lipinski definition) is 2. The first-order valence-electron chi connectivity index (χ1n) is 14.7. The highest BCUT2D eigenvalue weighted by Gasteiger charge is 2.33. The molecule has 1 aliphatic heterocycles. The number of ether oxygens (including phenoxy) is 2. The average Bonchev–Trinajstić information content (AvgIpc) is 3.74. The van der Waals surface area contributed by atoms with Gasteiger partial charge in [-0.15, -0.1) is 22.7 Å². The van der Waals surface area contributed by atoms with E-state index in [1.54, 1.807) is 48.0 Å². The Morgan fingerprint density at radius 1 is 1.07 bits per heavy atom. The number of aliphatic hydroxyl groups excluding tert-OH is 1. The molecule has 0 unspecified atom stereocenters. The fourth-order valence-electron chi connectivity index (χ4n) is 4.99. The number of thiophene rings is 2.